The van der Waals surface area contributed by atoms with Crippen LogP contribution in [0.1, 0.15) is 47.2 Å². The number of amides is 1. The Kier molecular flexibility index (Phi) is 10.4. The van der Waals surface area contributed by atoms with Crippen LogP contribution in [0.3, 0.4) is 0 Å². The van der Waals surface area contributed by atoms with Gasteiger partial charge in [0.15, 0.2) is 4.34 Å². The summed E-state index contributed by atoms with van der Waals surface area (Å²) in [6.07, 6.45) is 0.854. The third-order valence-electron chi connectivity index (χ3n) is 7.77. The minimum atomic E-state index is -0.940. The Labute approximate surface area is 292 Å². The number of hydrogen-bond donors (Lipinski definition) is 1. The van der Waals surface area contributed by atoms with Crippen LogP contribution >= 0.6 is 34.7 Å². The number of carbonyl (C=O) groups is 2. The fourth-order valence-corrected chi connectivity index (χ4v) is 7.14. The number of ketones is 1. The molecule has 1 aliphatic rings. The molecule has 0 radical (unpaired) electrons. The third kappa shape index (κ3) is 7.41. The zero-order valence-electron chi connectivity index (χ0n) is 26.3. The second-order valence-corrected chi connectivity index (χ2v) is 13.7. The van der Waals surface area contributed by atoms with Gasteiger partial charge in [-0.3, -0.25) is 14.5 Å². The molecule has 1 aliphatic heterocycles. The van der Waals surface area contributed by atoms with Crippen molar-refractivity contribution in [1.29, 1.82) is 0 Å². The molecule has 1 aromatic heterocycles. The van der Waals surface area contributed by atoms with Gasteiger partial charge in [-0.2, -0.15) is 0 Å². The van der Waals surface area contributed by atoms with Crippen LogP contribution in [0.4, 0.5) is 5.13 Å². The zero-order chi connectivity index (χ0) is 33.6. The molecule has 0 bridgehead atoms. The lowest BCUT2D eigenvalue weighted by molar-refractivity contribution is -0.132. The second-order valence-electron chi connectivity index (χ2n) is 11.1. The predicted octanol–water partition coefficient (Wildman–Crippen LogP) is 8.79. The number of nitrogens with zero attached hydrogens (tertiary/aromatic N) is 3. The van der Waals surface area contributed by atoms with Gasteiger partial charge in [0.05, 0.1) is 18.2 Å². The standard InChI is InChI=1S/C37H32ClN3O5S2/c1-3-20-45-29-16-10-25(11-17-29)32-31(33(42)26-12-18-30(19-13-26)46-21-27-7-5-4-6-23(27)2)34(43)35(44)41(32)36-39-40-37(48-36)47-22-24-8-14-28(38)15-9-24/h4-19,32,42H,3,20-22H2,1-2H3/b33-31+. The van der Waals surface area contributed by atoms with Crippen molar-refractivity contribution in [3.05, 3.63) is 135 Å². The first kappa shape index (κ1) is 33.3. The van der Waals surface area contributed by atoms with E-state index in [1.807, 2.05) is 62.4 Å². The Morgan fingerprint density at radius 1 is 0.917 bits per heavy atom. The molecule has 2 heterocycles. The van der Waals surface area contributed by atoms with Crippen LogP contribution in [0.15, 0.2) is 107 Å². The molecule has 0 saturated carbocycles. The fourth-order valence-electron chi connectivity index (χ4n) is 5.19. The molecule has 1 fully saturated rings. The molecule has 1 saturated heterocycles. The van der Waals surface area contributed by atoms with Crippen molar-refractivity contribution in [3.8, 4) is 11.5 Å². The van der Waals surface area contributed by atoms with Crippen LogP contribution in [0.25, 0.3) is 5.76 Å². The lowest BCUT2D eigenvalue weighted by Crippen LogP contribution is -2.29. The summed E-state index contributed by atoms with van der Waals surface area (Å²) in [5.74, 6) is -0.00874. The van der Waals surface area contributed by atoms with E-state index in [9.17, 15) is 14.7 Å². The van der Waals surface area contributed by atoms with Gasteiger partial charge in [0.25, 0.3) is 5.78 Å². The molecular weight excluding hydrogens is 666 g/mol. The lowest BCUT2D eigenvalue weighted by Gasteiger charge is -2.22. The molecular formula is C37H32ClN3O5S2. The summed E-state index contributed by atoms with van der Waals surface area (Å²) in [4.78, 5) is 28.7. The maximum atomic E-state index is 13.7. The van der Waals surface area contributed by atoms with E-state index in [4.69, 9.17) is 21.1 Å². The van der Waals surface area contributed by atoms with Crippen molar-refractivity contribution in [2.75, 3.05) is 11.5 Å². The average Bonchev–Trinajstić information content (AvgIpc) is 3.68. The molecule has 0 aliphatic carbocycles. The number of benzene rings is 4. The number of aryl methyl sites for hydroxylation is 1. The fraction of sp³-hybridized carbons (Fsp3) is 0.189. The van der Waals surface area contributed by atoms with Gasteiger partial charge in [-0.05, 0) is 84.1 Å². The van der Waals surface area contributed by atoms with Crippen LogP contribution < -0.4 is 14.4 Å². The molecule has 244 valence electrons. The smallest absolute Gasteiger partial charge is 0.301 e. The van der Waals surface area contributed by atoms with Crippen molar-refractivity contribution >= 4 is 57.3 Å². The number of aliphatic hydroxyl groups excluding tert-OH is 1. The van der Waals surface area contributed by atoms with Crippen molar-refractivity contribution in [1.82, 2.24) is 10.2 Å². The molecule has 4 aromatic carbocycles. The highest BCUT2D eigenvalue weighted by atomic mass is 35.5. The monoisotopic (exact) mass is 697 g/mol. The van der Waals surface area contributed by atoms with Gasteiger partial charge in [-0.15, -0.1) is 10.2 Å². The highest BCUT2D eigenvalue weighted by molar-refractivity contribution is 8.00. The van der Waals surface area contributed by atoms with E-state index in [0.29, 0.717) is 51.0 Å². The van der Waals surface area contributed by atoms with E-state index < -0.39 is 17.7 Å². The number of carbonyl (C=O) groups excluding carboxylic acids is 2. The van der Waals surface area contributed by atoms with Gasteiger partial charge in [-0.1, -0.05) is 90.2 Å². The van der Waals surface area contributed by atoms with Crippen LogP contribution in [-0.4, -0.2) is 33.6 Å². The largest absolute Gasteiger partial charge is 0.507 e. The summed E-state index contributed by atoms with van der Waals surface area (Å²) in [7, 11) is 0. The van der Waals surface area contributed by atoms with Crippen LogP contribution in [-0.2, 0) is 21.9 Å². The number of rotatable bonds is 12. The first-order chi connectivity index (χ1) is 23.3. The highest BCUT2D eigenvalue weighted by Gasteiger charge is 2.48. The molecule has 1 unspecified atom stereocenters. The van der Waals surface area contributed by atoms with Crippen LogP contribution in [0.5, 0.6) is 11.5 Å². The Bertz CT molecular complexity index is 1940. The Morgan fingerprint density at radius 3 is 2.31 bits per heavy atom. The topological polar surface area (TPSA) is 102 Å². The van der Waals surface area contributed by atoms with E-state index in [-0.39, 0.29) is 16.5 Å². The third-order valence-corrected chi connectivity index (χ3v) is 10.2. The number of aromatic nitrogens is 2. The minimum absolute atomic E-state index is 0.0404. The average molecular weight is 698 g/mol. The molecule has 8 nitrogen and oxygen atoms in total. The SMILES string of the molecule is CCCOc1ccc(C2/C(=C(\O)c3ccc(OCc4ccccc4C)cc3)C(=O)C(=O)N2c2nnc(SCc3ccc(Cl)cc3)s2)cc1. The van der Waals surface area contributed by atoms with Crippen molar-refractivity contribution in [2.45, 2.75) is 43.0 Å². The van der Waals surface area contributed by atoms with Crippen molar-refractivity contribution < 1.29 is 24.2 Å². The summed E-state index contributed by atoms with van der Waals surface area (Å²) >= 11 is 8.69. The molecule has 1 amide bonds. The van der Waals surface area contributed by atoms with Gasteiger partial charge in [0, 0.05) is 16.3 Å². The maximum Gasteiger partial charge on any atom is 0.301 e. The van der Waals surface area contributed by atoms with Gasteiger partial charge in [-0.25, -0.2) is 0 Å². The van der Waals surface area contributed by atoms with Crippen LogP contribution in [0, 0.1) is 6.92 Å². The van der Waals surface area contributed by atoms with Gasteiger partial charge in [0.2, 0.25) is 5.13 Å². The molecule has 1 N–H and O–H groups in total. The zero-order valence-corrected chi connectivity index (χ0v) is 28.6. The second kappa shape index (κ2) is 15.1. The Balaban J connectivity index is 1.30. The molecule has 1 atom stereocenters. The summed E-state index contributed by atoms with van der Waals surface area (Å²) in [6, 6.07) is 28.5. The van der Waals surface area contributed by atoms with E-state index in [2.05, 4.69) is 10.2 Å². The Morgan fingerprint density at radius 2 is 1.60 bits per heavy atom. The van der Waals surface area contributed by atoms with Crippen LogP contribution in [0.2, 0.25) is 5.02 Å². The number of halogens is 1. The molecule has 5 aromatic rings. The predicted molar refractivity (Wildman–Crippen MR) is 190 cm³/mol. The van der Waals surface area contributed by atoms with E-state index in [0.717, 1.165) is 23.1 Å². The lowest BCUT2D eigenvalue weighted by atomic mass is 9.95. The highest BCUT2D eigenvalue weighted by Crippen LogP contribution is 2.44. The number of anilines is 1. The van der Waals surface area contributed by atoms with Gasteiger partial charge in [0.1, 0.15) is 23.9 Å². The van der Waals surface area contributed by atoms with Crippen molar-refractivity contribution in [3.63, 3.8) is 0 Å². The number of Topliss-reactive ketones (excluding diaryl/α,β-unsaturated/α-hetero) is 1. The Hall–Kier alpha value is -4.64. The number of thioether (sulfide) groups is 1. The van der Waals surface area contributed by atoms with Gasteiger partial charge >= 0.3 is 5.91 Å². The number of ether oxygens (including phenoxy) is 2. The number of aliphatic hydroxyl groups is 1. The summed E-state index contributed by atoms with van der Waals surface area (Å²) in [6.45, 7) is 5.00. The quantitative estimate of drug-likeness (QED) is 0.0454. The summed E-state index contributed by atoms with van der Waals surface area (Å²) < 4.78 is 12.4. The van der Waals surface area contributed by atoms with E-state index in [1.165, 1.54) is 28.0 Å². The van der Waals surface area contributed by atoms with E-state index in [1.54, 1.807) is 48.5 Å². The van der Waals surface area contributed by atoms with E-state index >= 15 is 0 Å². The minimum Gasteiger partial charge on any atom is -0.507 e. The van der Waals surface area contributed by atoms with Crippen molar-refractivity contribution in [2.24, 2.45) is 0 Å². The maximum absolute atomic E-state index is 13.7. The molecule has 48 heavy (non-hydrogen) atoms. The number of hydrogen-bond acceptors (Lipinski definition) is 9. The molecule has 11 heteroatoms. The first-order valence-corrected chi connectivity index (χ1v) is 17.5. The normalized spacial score (nSPS) is 15.6. The van der Waals surface area contributed by atoms with Gasteiger partial charge < -0.3 is 14.6 Å². The molecule has 0 spiro atoms. The molecule has 6 rings (SSSR count). The first-order valence-electron chi connectivity index (χ1n) is 15.3. The summed E-state index contributed by atoms with van der Waals surface area (Å²) in [5, 5.41) is 21.1. The summed E-state index contributed by atoms with van der Waals surface area (Å²) in [5.41, 5.74) is 4.20.